The van der Waals surface area contributed by atoms with Gasteiger partial charge >= 0.3 is 127 Å². The summed E-state index contributed by atoms with van der Waals surface area (Å²) in [5, 5.41) is 0. The van der Waals surface area contributed by atoms with E-state index in [4.69, 9.17) is 4.98 Å². The first-order chi connectivity index (χ1) is 9.31. The number of hydrogen-bond donors (Lipinski definition) is 0. The molecule has 0 N–H and O–H groups in total. The van der Waals surface area contributed by atoms with Gasteiger partial charge < -0.3 is 0 Å². The van der Waals surface area contributed by atoms with Gasteiger partial charge in [0.05, 0.1) is 0 Å². The number of benzene rings is 2. The van der Waals surface area contributed by atoms with Crippen LogP contribution in [-0.2, 0) is 6.42 Å². The monoisotopic (exact) mass is 377 g/mol. The van der Waals surface area contributed by atoms with Crippen LogP contribution in [0.15, 0.2) is 64.0 Å². The first-order valence-corrected chi connectivity index (χ1v) is 8.69. The van der Waals surface area contributed by atoms with E-state index in [0.717, 1.165) is 16.6 Å². The van der Waals surface area contributed by atoms with E-state index in [0.29, 0.717) is 14.5 Å². The van der Waals surface area contributed by atoms with E-state index in [1.54, 1.807) is 0 Å². The van der Waals surface area contributed by atoms with Crippen molar-refractivity contribution in [2.75, 3.05) is 0 Å². The summed E-state index contributed by atoms with van der Waals surface area (Å²) in [6.07, 6.45) is 0.970. The molecule has 0 unspecified atom stereocenters. The van der Waals surface area contributed by atoms with Crippen molar-refractivity contribution in [3.8, 4) is 11.3 Å². The van der Waals surface area contributed by atoms with Gasteiger partial charge in [0.15, 0.2) is 0 Å². The van der Waals surface area contributed by atoms with Gasteiger partial charge in [0.25, 0.3) is 0 Å². The van der Waals surface area contributed by atoms with E-state index in [1.165, 1.54) is 15.7 Å². The SMILES string of the molecule is Brc1ccc(-c2c[se]c(Cc3ccccc3)n2)cc1. The fourth-order valence-electron chi connectivity index (χ4n) is 1.92. The normalized spacial score (nSPS) is 10.6. The third-order valence-corrected chi connectivity index (χ3v) is 5.20. The van der Waals surface area contributed by atoms with Gasteiger partial charge in [0.1, 0.15) is 0 Å². The molecule has 0 fully saturated rings. The average molecular weight is 377 g/mol. The molecule has 0 atom stereocenters. The van der Waals surface area contributed by atoms with Crippen LogP contribution in [0.3, 0.4) is 0 Å². The molecule has 1 nitrogen and oxygen atoms in total. The van der Waals surface area contributed by atoms with Crippen LogP contribution in [0.2, 0.25) is 0 Å². The Kier molecular flexibility index (Phi) is 3.97. The fourth-order valence-corrected chi connectivity index (χ4v) is 3.94. The van der Waals surface area contributed by atoms with Crippen molar-refractivity contribution in [3.05, 3.63) is 74.1 Å². The summed E-state index contributed by atoms with van der Waals surface area (Å²) in [6, 6.07) is 18.9. The number of halogens is 1. The van der Waals surface area contributed by atoms with Gasteiger partial charge in [-0.15, -0.1) is 0 Å². The number of hydrogen-bond acceptors (Lipinski definition) is 1. The maximum atomic E-state index is 4.77. The predicted octanol–water partition coefficient (Wildman–Crippen LogP) is 4.16. The number of aromatic nitrogens is 1. The molecule has 3 aromatic rings. The van der Waals surface area contributed by atoms with Gasteiger partial charge in [-0.05, 0) is 0 Å². The molecule has 19 heavy (non-hydrogen) atoms. The molecule has 0 aliphatic rings. The molecule has 0 aliphatic carbocycles. The maximum absolute atomic E-state index is 4.77. The van der Waals surface area contributed by atoms with Gasteiger partial charge in [-0.25, -0.2) is 0 Å². The van der Waals surface area contributed by atoms with Crippen molar-refractivity contribution in [1.82, 2.24) is 4.98 Å². The summed E-state index contributed by atoms with van der Waals surface area (Å²) in [5.74, 6) is 0. The molecular weight excluding hydrogens is 365 g/mol. The molecule has 0 amide bonds. The summed E-state index contributed by atoms with van der Waals surface area (Å²) in [5.41, 5.74) is 3.67. The minimum atomic E-state index is 0.387. The molecule has 94 valence electrons. The van der Waals surface area contributed by atoms with Crippen LogP contribution in [0, 0.1) is 0 Å². The zero-order chi connectivity index (χ0) is 13.1. The molecular formula is C16H12BrNSe. The Morgan fingerprint density at radius 3 is 2.42 bits per heavy atom. The van der Waals surface area contributed by atoms with E-state index in [2.05, 4.69) is 75.5 Å². The fraction of sp³-hybridized carbons (Fsp3) is 0.0625. The van der Waals surface area contributed by atoms with Crippen LogP contribution in [0.4, 0.5) is 0 Å². The second kappa shape index (κ2) is 5.87. The van der Waals surface area contributed by atoms with E-state index >= 15 is 0 Å². The second-order valence-electron chi connectivity index (χ2n) is 4.30. The number of nitrogens with zero attached hydrogens (tertiary/aromatic N) is 1. The van der Waals surface area contributed by atoms with Crippen LogP contribution in [-0.4, -0.2) is 19.5 Å². The van der Waals surface area contributed by atoms with E-state index in [9.17, 15) is 0 Å². The van der Waals surface area contributed by atoms with Gasteiger partial charge in [0.2, 0.25) is 0 Å². The molecule has 0 spiro atoms. The standard InChI is InChI=1S/C16H12BrNSe/c17-14-8-6-13(7-9-14)15-11-19-16(18-15)10-12-4-2-1-3-5-12/h1-9,11H,10H2. The molecule has 0 aliphatic heterocycles. The Balaban J connectivity index is 1.82. The quantitative estimate of drug-likeness (QED) is 0.625. The van der Waals surface area contributed by atoms with Crippen molar-refractivity contribution in [3.63, 3.8) is 0 Å². The Hall–Kier alpha value is -1.15. The molecule has 1 heterocycles. The van der Waals surface area contributed by atoms with Crippen LogP contribution >= 0.6 is 15.9 Å². The van der Waals surface area contributed by atoms with Crippen LogP contribution < -0.4 is 0 Å². The molecule has 0 saturated heterocycles. The number of rotatable bonds is 3. The minimum absolute atomic E-state index is 0.387. The summed E-state index contributed by atoms with van der Waals surface area (Å²) in [7, 11) is 0. The Bertz CT molecular complexity index is 659. The molecule has 0 bridgehead atoms. The Morgan fingerprint density at radius 2 is 1.68 bits per heavy atom. The van der Waals surface area contributed by atoms with Gasteiger partial charge in [-0.3, -0.25) is 0 Å². The third-order valence-electron chi connectivity index (χ3n) is 2.89. The van der Waals surface area contributed by atoms with Crippen molar-refractivity contribution in [2.45, 2.75) is 6.42 Å². The first kappa shape index (κ1) is 12.9. The van der Waals surface area contributed by atoms with Crippen LogP contribution in [0.1, 0.15) is 10.1 Å². The first-order valence-electron chi connectivity index (χ1n) is 6.05. The zero-order valence-corrected chi connectivity index (χ0v) is 13.5. The van der Waals surface area contributed by atoms with E-state index in [1.807, 2.05) is 0 Å². The van der Waals surface area contributed by atoms with Gasteiger partial charge in [0, 0.05) is 0 Å². The van der Waals surface area contributed by atoms with Crippen LogP contribution in [0.5, 0.6) is 0 Å². The topological polar surface area (TPSA) is 12.9 Å². The summed E-state index contributed by atoms with van der Waals surface area (Å²) in [4.78, 5) is 7.05. The van der Waals surface area contributed by atoms with Crippen molar-refractivity contribution < 1.29 is 0 Å². The Labute approximate surface area is 127 Å². The van der Waals surface area contributed by atoms with Crippen LogP contribution in [0.25, 0.3) is 11.3 Å². The van der Waals surface area contributed by atoms with Gasteiger partial charge in [-0.1, -0.05) is 0 Å². The Morgan fingerprint density at radius 1 is 0.947 bits per heavy atom. The van der Waals surface area contributed by atoms with Crippen molar-refractivity contribution in [1.29, 1.82) is 0 Å². The van der Waals surface area contributed by atoms with E-state index in [-0.39, 0.29) is 0 Å². The average Bonchev–Trinajstić information content (AvgIpc) is 2.89. The van der Waals surface area contributed by atoms with Gasteiger partial charge in [-0.2, -0.15) is 0 Å². The molecule has 3 rings (SSSR count). The summed E-state index contributed by atoms with van der Waals surface area (Å²) in [6.45, 7) is 0. The molecule has 1 aromatic heterocycles. The summed E-state index contributed by atoms with van der Waals surface area (Å²) >= 11 is 3.85. The molecule has 0 saturated carbocycles. The molecule has 0 radical (unpaired) electrons. The van der Waals surface area contributed by atoms with E-state index < -0.39 is 0 Å². The third kappa shape index (κ3) is 3.24. The second-order valence-corrected chi connectivity index (χ2v) is 7.19. The van der Waals surface area contributed by atoms with Crippen molar-refractivity contribution >= 4 is 30.4 Å². The predicted molar refractivity (Wildman–Crippen MR) is 83.6 cm³/mol. The zero-order valence-electron chi connectivity index (χ0n) is 10.2. The molecule has 2 aromatic carbocycles. The summed E-state index contributed by atoms with van der Waals surface area (Å²) < 4.78 is 2.41. The van der Waals surface area contributed by atoms with Crippen molar-refractivity contribution in [2.24, 2.45) is 0 Å². The molecule has 3 heteroatoms.